The van der Waals surface area contributed by atoms with Crippen LogP contribution in [0.5, 0.6) is 0 Å². The third kappa shape index (κ3) is 3.23. The van der Waals surface area contributed by atoms with Crippen molar-refractivity contribution in [3.63, 3.8) is 0 Å². The van der Waals surface area contributed by atoms with Crippen LogP contribution in [-0.2, 0) is 16.1 Å². The Morgan fingerprint density at radius 3 is 2.65 bits per heavy atom. The molecule has 1 amide bonds. The van der Waals surface area contributed by atoms with Crippen molar-refractivity contribution in [3.05, 3.63) is 54.2 Å². The van der Waals surface area contributed by atoms with Crippen LogP contribution in [0.2, 0.25) is 0 Å². The van der Waals surface area contributed by atoms with E-state index in [4.69, 9.17) is 0 Å². The van der Waals surface area contributed by atoms with Gasteiger partial charge in [-0.3, -0.25) is 14.6 Å². The van der Waals surface area contributed by atoms with Gasteiger partial charge in [-0.25, -0.2) is 0 Å². The maximum atomic E-state index is 12.4. The van der Waals surface area contributed by atoms with E-state index >= 15 is 0 Å². The Hall–Kier alpha value is -2.69. The van der Waals surface area contributed by atoms with E-state index in [0.717, 1.165) is 16.5 Å². The lowest BCUT2D eigenvalue weighted by atomic mass is 9.82. The highest BCUT2D eigenvalue weighted by Gasteiger charge is 2.33. The average Bonchev–Trinajstić information content (AvgIpc) is 2.59. The Kier molecular flexibility index (Phi) is 4.37. The number of carbonyl (C=O) groups excluding carboxylic acids is 1. The van der Waals surface area contributed by atoms with Crippen molar-refractivity contribution < 1.29 is 14.7 Å². The second kappa shape index (κ2) is 6.60. The number of carboxylic acids is 1. The molecule has 2 atom stereocenters. The number of amides is 1. The Balaban J connectivity index is 1.73. The Morgan fingerprint density at radius 2 is 1.87 bits per heavy atom. The molecule has 1 aromatic carbocycles. The van der Waals surface area contributed by atoms with Crippen molar-refractivity contribution in [1.82, 2.24) is 10.3 Å². The van der Waals surface area contributed by atoms with Gasteiger partial charge in [0.05, 0.1) is 17.4 Å². The van der Waals surface area contributed by atoms with Crippen LogP contribution >= 0.6 is 0 Å². The summed E-state index contributed by atoms with van der Waals surface area (Å²) >= 11 is 0. The summed E-state index contributed by atoms with van der Waals surface area (Å²) in [5, 5.41) is 13.1. The number of carboxylic acid groups (broad SMARTS) is 1. The van der Waals surface area contributed by atoms with E-state index in [2.05, 4.69) is 10.3 Å². The molecule has 118 valence electrons. The molecule has 0 saturated heterocycles. The normalized spacial score (nSPS) is 20.3. The third-order valence-corrected chi connectivity index (χ3v) is 4.28. The van der Waals surface area contributed by atoms with Crippen molar-refractivity contribution in [2.45, 2.75) is 19.4 Å². The number of nitrogens with one attached hydrogen (secondary N) is 1. The van der Waals surface area contributed by atoms with E-state index in [1.165, 1.54) is 0 Å². The minimum absolute atomic E-state index is 0.206. The van der Waals surface area contributed by atoms with Crippen molar-refractivity contribution in [2.75, 3.05) is 0 Å². The molecule has 5 heteroatoms. The summed E-state index contributed by atoms with van der Waals surface area (Å²) in [6.07, 6.45) is 6.31. The number of aromatic nitrogens is 1. The van der Waals surface area contributed by atoms with Crippen LogP contribution < -0.4 is 5.32 Å². The van der Waals surface area contributed by atoms with Crippen LogP contribution in [0.15, 0.2) is 48.7 Å². The van der Waals surface area contributed by atoms with Crippen molar-refractivity contribution in [3.8, 4) is 0 Å². The zero-order chi connectivity index (χ0) is 16.2. The van der Waals surface area contributed by atoms with Gasteiger partial charge in [0.1, 0.15) is 0 Å². The molecule has 0 aliphatic heterocycles. The molecule has 1 aromatic heterocycles. The lowest BCUT2D eigenvalue weighted by Gasteiger charge is -2.24. The van der Waals surface area contributed by atoms with E-state index < -0.39 is 17.8 Å². The highest BCUT2D eigenvalue weighted by Crippen LogP contribution is 2.26. The van der Waals surface area contributed by atoms with Crippen LogP contribution in [0, 0.1) is 11.8 Å². The molecule has 0 radical (unpaired) electrons. The summed E-state index contributed by atoms with van der Waals surface area (Å²) in [5.41, 5.74) is 1.85. The van der Waals surface area contributed by atoms with Gasteiger partial charge in [-0.05, 0) is 30.5 Å². The number of allylic oxidation sites excluding steroid dienone is 2. The molecular formula is C18H18N2O3. The number of rotatable bonds is 4. The zero-order valence-corrected chi connectivity index (χ0v) is 12.6. The zero-order valence-electron chi connectivity index (χ0n) is 12.6. The number of aliphatic carboxylic acids is 1. The summed E-state index contributed by atoms with van der Waals surface area (Å²) in [7, 11) is 0. The lowest BCUT2D eigenvalue weighted by Crippen LogP contribution is -2.38. The van der Waals surface area contributed by atoms with Gasteiger partial charge in [-0.2, -0.15) is 0 Å². The number of pyridine rings is 1. The Labute approximate surface area is 134 Å². The van der Waals surface area contributed by atoms with Crippen molar-refractivity contribution in [2.24, 2.45) is 11.8 Å². The fourth-order valence-electron chi connectivity index (χ4n) is 3.00. The minimum atomic E-state index is -0.913. The average molecular weight is 310 g/mol. The molecule has 0 fully saturated rings. The van der Waals surface area contributed by atoms with Gasteiger partial charge in [0, 0.05) is 18.1 Å². The van der Waals surface area contributed by atoms with Gasteiger partial charge in [0.15, 0.2) is 0 Å². The second-order valence-electron chi connectivity index (χ2n) is 5.70. The quantitative estimate of drug-likeness (QED) is 0.851. The molecule has 1 aliphatic carbocycles. The van der Waals surface area contributed by atoms with Gasteiger partial charge < -0.3 is 10.4 Å². The predicted molar refractivity (Wildman–Crippen MR) is 86.6 cm³/mol. The van der Waals surface area contributed by atoms with Crippen LogP contribution in [0.4, 0.5) is 0 Å². The summed E-state index contributed by atoms with van der Waals surface area (Å²) < 4.78 is 0. The molecular weight excluding hydrogens is 292 g/mol. The first-order chi connectivity index (χ1) is 11.2. The lowest BCUT2D eigenvalue weighted by molar-refractivity contribution is -0.147. The van der Waals surface area contributed by atoms with Crippen molar-refractivity contribution >= 4 is 22.8 Å². The molecule has 1 aliphatic rings. The second-order valence-corrected chi connectivity index (χ2v) is 5.70. The molecule has 0 bridgehead atoms. The molecule has 0 saturated carbocycles. The van der Waals surface area contributed by atoms with Crippen LogP contribution in [-0.4, -0.2) is 22.0 Å². The standard InChI is InChI=1S/C18H18N2O3/c21-17(14-6-1-2-7-15(14)18(22)23)20-11-12-9-10-19-16-8-4-3-5-13(12)16/h1-5,8-10,14-15H,6-7,11H2,(H,20,21)(H,22,23)/t14-,15+/m1/s1. The van der Waals surface area contributed by atoms with E-state index in [-0.39, 0.29) is 5.91 Å². The van der Waals surface area contributed by atoms with Gasteiger partial charge in [0.25, 0.3) is 0 Å². The van der Waals surface area contributed by atoms with E-state index in [1.54, 1.807) is 6.20 Å². The summed E-state index contributed by atoms with van der Waals surface area (Å²) in [6.45, 7) is 0.369. The summed E-state index contributed by atoms with van der Waals surface area (Å²) in [5.74, 6) is -2.27. The minimum Gasteiger partial charge on any atom is -0.481 e. The highest BCUT2D eigenvalue weighted by atomic mass is 16.4. The maximum Gasteiger partial charge on any atom is 0.307 e. The molecule has 2 N–H and O–H groups in total. The first-order valence-electron chi connectivity index (χ1n) is 7.65. The molecule has 2 aromatic rings. The van der Waals surface area contributed by atoms with E-state index in [9.17, 15) is 14.7 Å². The molecule has 0 spiro atoms. The number of hydrogen-bond donors (Lipinski definition) is 2. The number of nitrogens with zero attached hydrogens (tertiary/aromatic N) is 1. The highest BCUT2D eigenvalue weighted by molar-refractivity contribution is 5.86. The first-order valence-corrected chi connectivity index (χ1v) is 7.65. The molecule has 3 rings (SSSR count). The van der Waals surface area contributed by atoms with Crippen LogP contribution in [0.3, 0.4) is 0 Å². The fraction of sp³-hybridized carbons (Fsp3) is 0.278. The first kappa shape index (κ1) is 15.2. The number of fused-ring (bicyclic) bond motifs is 1. The fourth-order valence-corrected chi connectivity index (χ4v) is 3.00. The van der Waals surface area contributed by atoms with E-state index in [1.807, 2.05) is 42.5 Å². The number of benzene rings is 1. The predicted octanol–water partition coefficient (Wildman–Crippen LogP) is 2.52. The van der Waals surface area contributed by atoms with Crippen LogP contribution in [0.25, 0.3) is 10.9 Å². The smallest absolute Gasteiger partial charge is 0.307 e. The van der Waals surface area contributed by atoms with E-state index in [0.29, 0.717) is 19.4 Å². The SMILES string of the molecule is O=C(O)[C@H]1CC=CC[C@H]1C(=O)NCc1ccnc2ccccc12. The molecule has 23 heavy (non-hydrogen) atoms. The Bertz CT molecular complexity index is 764. The van der Waals surface area contributed by atoms with Crippen molar-refractivity contribution in [1.29, 1.82) is 0 Å². The van der Waals surface area contributed by atoms with Crippen LogP contribution in [0.1, 0.15) is 18.4 Å². The topological polar surface area (TPSA) is 79.3 Å². The third-order valence-electron chi connectivity index (χ3n) is 4.28. The van der Waals surface area contributed by atoms with Gasteiger partial charge in [-0.1, -0.05) is 30.4 Å². The number of carbonyl (C=O) groups is 2. The molecule has 1 heterocycles. The molecule has 0 unspecified atom stereocenters. The maximum absolute atomic E-state index is 12.4. The number of hydrogen-bond acceptors (Lipinski definition) is 3. The Morgan fingerprint density at radius 1 is 1.13 bits per heavy atom. The summed E-state index contributed by atoms with van der Waals surface area (Å²) in [4.78, 5) is 28.0. The molecule has 5 nitrogen and oxygen atoms in total. The largest absolute Gasteiger partial charge is 0.481 e. The summed E-state index contributed by atoms with van der Waals surface area (Å²) in [6, 6.07) is 9.61. The number of para-hydroxylation sites is 1. The van der Waals surface area contributed by atoms with Gasteiger partial charge in [0.2, 0.25) is 5.91 Å². The van der Waals surface area contributed by atoms with Gasteiger partial charge >= 0.3 is 5.97 Å². The van der Waals surface area contributed by atoms with Gasteiger partial charge in [-0.15, -0.1) is 0 Å². The monoisotopic (exact) mass is 310 g/mol.